The third-order valence-electron chi connectivity index (χ3n) is 5.27. The normalized spacial score (nSPS) is 19.8. The Morgan fingerprint density at radius 2 is 2.00 bits per heavy atom. The molecule has 3 rings (SSSR count). The first kappa shape index (κ1) is 14.5. The molecule has 0 aliphatic heterocycles. The van der Waals surface area contributed by atoms with Gasteiger partial charge < -0.3 is 0 Å². The predicted octanol–water partition coefficient (Wildman–Crippen LogP) is 2.92. The second-order valence-electron chi connectivity index (χ2n) is 6.73. The SMILES string of the molecule is Cn1nc(CC(NN)C2(C)CCCCC2)c2ccccc21. The molecule has 0 bridgehead atoms. The van der Waals surface area contributed by atoms with E-state index in [-0.39, 0.29) is 11.5 Å². The largest absolute Gasteiger partial charge is 0.271 e. The molecule has 1 atom stereocenters. The van der Waals surface area contributed by atoms with Gasteiger partial charge in [0.15, 0.2) is 0 Å². The number of nitrogens with zero attached hydrogens (tertiary/aromatic N) is 2. The van der Waals surface area contributed by atoms with Gasteiger partial charge in [0, 0.05) is 24.9 Å². The van der Waals surface area contributed by atoms with Crippen molar-refractivity contribution in [2.45, 2.75) is 51.5 Å². The molecule has 1 aliphatic rings. The topological polar surface area (TPSA) is 55.9 Å². The molecule has 0 spiro atoms. The number of benzene rings is 1. The lowest BCUT2D eigenvalue weighted by Gasteiger charge is -2.40. The van der Waals surface area contributed by atoms with Crippen LogP contribution in [0.25, 0.3) is 10.9 Å². The Kier molecular flexibility index (Phi) is 4.00. The molecular weight excluding hydrogens is 260 g/mol. The third kappa shape index (κ3) is 2.70. The van der Waals surface area contributed by atoms with Crippen LogP contribution in [0.2, 0.25) is 0 Å². The summed E-state index contributed by atoms with van der Waals surface area (Å²) in [6, 6.07) is 8.72. The van der Waals surface area contributed by atoms with Crippen molar-refractivity contribution in [3.63, 3.8) is 0 Å². The van der Waals surface area contributed by atoms with Crippen molar-refractivity contribution in [2.75, 3.05) is 0 Å². The fourth-order valence-corrected chi connectivity index (χ4v) is 3.85. The maximum Gasteiger partial charge on any atom is 0.0719 e. The molecule has 4 heteroatoms. The first-order valence-corrected chi connectivity index (χ1v) is 8.01. The van der Waals surface area contributed by atoms with E-state index in [1.165, 1.54) is 43.0 Å². The van der Waals surface area contributed by atoms with Crippen LogP contribution in [0.4, 0.5) is 0 Å². The quantitative estimate of drug-likeness (QED) is 0.671. The van der Waals surface area contributed by atoms with Crippen LogP contribution in [0.15, 0.2) is 24.3 Å². The highest BCUT2D eigenvalue weighted by molar-refractivity contribution is 5.81. The summed E-state index contributed by atoms with van der Waals surface area (Å²) in [4.78, 5) is 0. The number of para-hydroxylation sites is 1. The van der Waals surface area contributed by atoms with Crippen LogP contribution < -0.4 is 11.3 Å². The summed E-state index contributed by atoms with van der Waals surface area (Å²) < 4.78 is 1.97. The Labute approximate surface area is 126 Å². The summed E-state index contributed by atoms with van der Waals surface area (Å²) in [5.74, 6) is 5.90. The summed E-state index contributed by atoms with van der Waals surface area (Å²) in [6.07, 6.45) is 7.41. The minimum Gasteiger partial charge on any atom is -0.271 e. The van der Waals surface area contributed by atoms with Crippen LogP contribution in [0.3, 0.4) is 0 Å². The fourth-order valence-electron chi connectivity index (χ4n) is 3.85. The van der Waals surface area contributed by atoms with Crippen molar-refractivity contribution in [1.29, 1.82) is 0 Å². The van der Waals surface area contributed by atoms with Crippen molar-refractivity contribution in [3.8, 4) is 0 Å². The molecule has 1 saturated carbocycles. The molecule has 114 valence electrons. The summed E-state index contributed by atoms with van der Waals surface area (Å²) in [5, 5.41) is 5.97. The molecule has 2 aromatic rings. The van der Waals surface area contributed by atoms with Gasteiger partial charge in [-0.2, -0.15) is 5.10 Å². The number of nitrogens with one attached hydrogen (secondary N) is 1. The molecule has 1 heterocycles. The Morgan fingerprint density at radius 1 is 1.29 bits per heavy atom. The second kappa shape index (κ2) is 5.78. The summed E-state index contributed by atoms with van der Waals surface area (Å²) >= 11 is 0. The van der Waals surface area contributed by atoms with E-state index in [0.29, 0.717) is 0 Å². The zero-order valence-electron chi connectivity index (χ0n) is 13.1. The lowest BCUT2D eigenvalue weighted by molar-refractivity contribution is 0.143. The van der Waals surface area contributed by atoms with Crippen LogP contribution in [-0.4, -0.2) is 15.8 Å². The average molecular weight is 286 g/mol. The summed E-state index contributed by atoms with van der Waals surface area (Å²) in [5.41, 5.74) is 5.72. The van der Waals surface area contributed by atoms with E-state index in [1.54, 1.807) is 0 Å². The standard InChI is InChI=1S/C17H26N4/c1-17(10-6-3-7-11-17)16(19-18)12-14-13-8-4-5-9-15(13)21(2)20-14/h4-5,8-9,16,19H,3,6-7,10-12,18H2,1-2H3. The van der Waals surface area contributed by atoms with Crippen LogP contribution >= 0.6 is 0 Å². The second-order valence-corrected chi connectivity index (χ2v) is 6.73. The van der Waals surface area contributed by atoms with Crippen molar-refractivity contribution >= 4 is 10.9 Å². The Hall–Kier alpha value is -1.39. The smallest absolute Gasteiger partial charge is 0.0719 e. The number of nitrogens with two attached hydrogens (primary N) is 1. The Bertz CT molecular complexity index is 610. The predicted molar refractivity (Wildman–Crippen MR) is 86.7 cm³/mol. The summed E-state index contributed by atoms with van der Waals surface area (Å²) in [6.45, 7) is 2.38. The van der Waals surface area contributed by atoms with Gasteiger partial charge in [0.1, 0.15) is 0 Å². The number of hydrogen-bond donors (Lipinski definition) is 2. The van der Waals surface area contributed by atoms with Gasteiger partial charge in [0.05, 0.1) is 11.2 Å². The highest BCUT2D eigenvalue weighted by Gasteiger charge is 2.35. The van der Waals surface area contributed by atoms with Gasteiger partial charge in [-0.1, -0.05) is 44.4 Å². The van der Waals surface area contributed by atoms with Gasteiger partial charge in [-0.15, -0.1) is 0 Å². The van der Waals surface area contributed by atoms with Gasteiger partial charge in [-0.05, 0) is 24.3 Å². The molecular formula is C17H26N4. The van der Waals surface area contributed by atoms with Gasteiger partial charge >= 0.3 is 0 Å². The number of hydrazine groups is 1. The molecule has 1 fully saturated rings. The number of rotatable bonds is 4. The van der Waals surface area contributed by atoms with Crippen molar-refractivity contribution < 1.29 is 0 Å². The highest BCUT2D eigenvalue weighted by atomic mass is 15.3. The number of aryl methyl sites for hydroxylation is 1. The Morgan fingerprint density at radius 3 is 2.71 bits per heavy atom. The molecule has 1 aliphatic carbocycles. The average Bonchev–Trinajstić information content (AvgIpc) is 2.82. The van der Waals surface area contributed by atoms with Gasteiger partial charge in [-0.25, -0.2) is 0 Å². The first-order valence-electron chi connectivity index (χ1n) is 8.01. The molecule has 0 amide bonds. The van der Waals surface area contributed by atoms with Gasteiger partial charge in [-0.3, -0.25) is 16.0 Å². The third-order valence-corrected chi connectivity index (χ3v) is 5.27. The van der Waals surface area contributed by atoms with Crippen molar-refractivity contribution in [1.82, 2.24) is 15.2 Å². The van der Waals surface area contributed by atoms with Crippen molar-refractivity contribution in [2.24, 2.45) is 18.3 Å². The van der Waals surface area contributed by atoms with Crippen LogP contribution in [0, 0.1) is 5.41 Å². The zero-order valence-corrected chi connectivity index (χ0v) is 13.1. The molecule has 21 heavy (non-hydrogen) atoms. The number of hydrogen-bond acceptors (Lipinski definition) is 3. The number of aromatic nitrogens is 2. The van der Waals surface area contributed by atoms with Crippen LogP contribution in [0.5, 0.6) is 0 Å². The van der Waals surface area contributed by atoms with Crippen LogP contribution in [0.1, 0.15) is 44.7 Å². The lowest BCUT2D eigenvalue weighted by atomic mass is 9.69. The molecule has 4 nitrogen and oxygen atoms in total. The maximum atomic E-state index is 5.90. The Balaban J connectivity index is 1.89. The van der Waals surface area contributed by atoms with Gasteiger partial charge in [0.2, 0.25) is 0 Å². The van der Waals surface area contributed by atoms with E-state index in [4.69, 9.17) is 10.9 Å². The van der Waals surface area contributed by atoms with Crippen molar-refractivity contribution in [3.05, 3.63) is 30.0 Å². The highest BCUT2D eigenvalue weighted by Crippen LogP contribution is 2.40. The molecule has 0 saturated heterocycles. The number of fused-ring (bicyclic) bond motifs is 1. The summed E-state index contributed by atoms with van der Waals surface area (Å²) in [7, 11) is 2.01. The molecule has 0 radical (unpaired) electrons. The monoisotopic (exact) mass is 286 g/mol. The maximum absolute atomic E-state index is 5.90. The van der Waals surface area contributed by atoms with E-state index in [2.05, 4.69) is 36.6 Å². The van der Waals surface area contributed by atoms with E-state index in [0.717, 1.165) is 12.1 Å². The van der Waals surface area contributed by atoms with E-state index < -0.39 is 0 Å². The van der Waals surface area contributed by atoms with Gasteiger partial charge in [0.25, 0.3) is 0 Å². The molecule has 3 N–H and O–H groups in total. The van der Waals surface area contributed by atoms with E-state index in [9.17, 15) is 0 Å². The fraction of sp³-hybridized carbons (Fsp3) is 0.588. The minimum atomic E-state index is 0.283. The first-order chi connectivity index (χ1) is 10.1. The van der Waals surface area contributed by atoms with Crippen LogP contribution in [-0.2, 0) is 13.5 Å². The van der Waals surface area contributed by atoms with E-state index >= 15 is 0 Å². The molecule has 1 aromatic heterocycles. The minimum absolute atomic E-state index is 0.283. The molecule has 1 aromatic carbocycles. The molecule has 1 unspecified atom stereocenters. The zero-order chi connectivity index (χ0) is 14.9. The lowest BCUT2D eigenvalue weighted by Crippen LogP contribution is -2.49. The van der Waals surface area contributed by atoms with E-state index in [1.807, 2.05) is 11.7 Å².